The minimum atomic E-state index is -0.286. The average molecular weight is 427 g/mol. The smallest absolute Gasteiger partial charge is 0.367 e. The topological polar surface area (TPSA) is 70.7 Å². The van der Waals surface area contributed by atoms with Gasteiger partial charge in [0.2, 0.25) is 6.79 Å². The molecule has 9 heteroatoms. The molecule has 0 N–H and O–H groups in total. The third kappa shape index (κ3) is 3.68. The van der Waals surface area contributed by atoms with E-state index in [4.69, 9.17) is 21.1 Å². The summed E-state index contributed by atoms with van der Waals surface area (Å²) in [7, 11) is 0. The lowest BCUT2D eigenvalue weighted by atomic mass is 10.2. The Labute approximate surface area is 174 Å². The van der Waals surface area contributed by atoms with Crippen LogP contribution in [0.15, 0.2) is 64.4 Å². The van der Waals surface area contributed by atoms with Gasteiger partial charge in [0.1, 0.15) is 5.03 Å². The van der Waals surface area contributed by atoms with Crippen LogP contribution >= 0.6 is 23.4 Å². The summed E-state index contributed by atoms with van der Waals surface area (Å²) in [6, 6.07) is 16.9. The Kier molecular flexibility index (Phi) is 4.65. The van der Waals surface area contributed by atoms with Crippen molar-refractivity contribution in [1.82, 2.24) is 19.4 Å². The highest BCUT2D eigenvalue weighted by molar-refractivity contribution is 7.98. The number of ether oxygens (including phenoxy) is 2. The van der Waals surface area contributed by atoms with E-state index in [0.29, 0.717) is 28.7 Å². The molecule has 0 aliphatic carbocycles. The maximum absolute atomic E-state index is 12.8. The Morgan fingerprint density at radius 3 is 2.62 bits per heavy atom. The molecule has 29 heavy (non-hydrogen) atoms. The van der Waals surface area contributed by atoms with Gasteiger partial charge in [0.25, 0.3) is 0 Å². The fraction of sp³-hybridized carbons (Fsp3) is 0.150. The van der Waals surface area contributed by atoms with Gasteiger partial charge in [-0.1, -0.05) is 41.6 Å². The third-order valence-electron chi connectivity index (χ3n) is 4.49. The molecular formula is C20H15ClN4O3S. The first-order valence-corrected chi connectivity index (χ1v) is 10.2. The predicted octanol–water partition coefficient (Wildman–Crippen LogP) is 3.61. The van der Waals surface area contributed by atoms with E-state index in [1.165, 1.54) is 9.20 Å². The van der Waals surface area contributed by atoms with Crippen LogP contribution in [-0.4, -0.2) is 26.2 Å². The van der Waals surface area contributed by atoms with Gasteiger partial charge in [-0.3, -0.25) is 0 Å². The number of thioether (sulfide) groups is 1. The van der Waals surface area contributed by atoms with Crippen LogP contribution in [0.25, 0.3) is 5.65 Å². The normalized spacial score (nSPS) is 12.6. The second-order valence-corrected chi connectivity index (χ2v) is 7.92. The van der Waals surface area contributed by atoms with E-state index in [1.54, 1.807) is 17.8 Å². The summed E-state index contributed by atoms with van der Waals surface area (Å²) in [5, 5.41) is 10.3. The second-order valence-electron chi connectivity index (χ2n) is 6.48. The van der Waals surface area contributed by atoms with Gasteiger partial charge in [0.15, 0.2) is 17.1 Å². The van der Waals surface area contributed by atoms with Gasteiger partial charge in [-0.25, -0.2) is 9.48 Å². The van der Waals surface area contributed by atoms with Crippen LogP contribution in [0.4, 0.5) is 0 Å². The van der Waals surface area contributed by atoms with Crippen LogP contribution in [0.5, 0.6) is 11.5 Å². The van der Waals surface area contributed by atoms with Crippen molar-refractivity contribution in [1.29, 1.82) is 0 Å². The third-order valence-corrected chi connectivity index (χ3v) is 5.73. The van der Waals surface area contributed by atoms with Crippen LogP contribution in [-0.2, 0) is 12.3 Å². The van der Waals surface area contributed by atoms with Crippen LogP contribution in [0, 0.1) is 0 Å². The van der Waals surface area contributed by atoms with Gasteiger partial charge < -0.3 is 9.47 Å². The lowest BCUT2D eigenvalue weighted by Crippen LogP contribution is -2.23. The highest BCUT2D eigenvalue weighted by Gasteiger charge is 2.15. The monoisotopic (exact) mass is 426 g/mol. The molecule has 0 fully saturated rings. The molecule has 2 aromatic carbocycles. The van der Waals surface area contributed by atoms with E-state index in [9.17, 15) is 4.79 Å². The zero-order valence-corrected chi connectivity index (χ0v) is 16.7. The fourth-order valence-electron chi connectivity index (χ4n) is 3.02. The molecule has 0 amide bonds. The zero-order chi connectivity index (χ0) is 19.8. The Hall–Kier alpha value is -2.97. The van der Waals surface area contributed by atoms with E-state index in [2.05, 4.69) is 10.2 Å². The molecule has 5 rings (SSSR count). The number of halogens is 1. The van der Waals surface area contributed by atoms with Gasteiger partial charge in [-0.05, 0) is 47.5 Å². The average Bonchev–Trinajstić information content (AvgIpc) is 3.32. The van der Waals surface area contributed by atoms with Crippen LogP contribution < -0.4 is 15.2 Å². The van der Waals surface area contributed by atoms with Crippen LogP contribution in [0.2, 0.25) is 5.02 Å². The first-order chi connectivity index (χ1) is 14.2. The van der Waals surface area contributed by atoms with Crippen LogP contribution in [0.3, 0.4) is 0 Å². The first-order valence-electron chi connectivity index (χ1n) is 8.88. The van der Waals surface area contributed by atoms with Gasteiger partial charge in [0, 0.05) is 10.8 Å². The molecule has 4 aromatic rings. The Morgan fingerprint density at radius 1 is 0.966 bits per heavy atom. The molecule has 0 bridgehead atoms. The molecule has 0 saturated heterocycles. The van der Waals surface area contributed by atoms with E-state index < -0.39 is 0 Å². The number of hydrogen-bond acceptors (Lipinski definition) is 6. The van der Waals surface area contributed by atoms with Crippen molar-refractivity contribution in [2.45, 2.75) is 17.3 Å². The molecule has 2 aromatic heterocycles. The fourth-order valence-corrected chi connectivity index (χ4v) is 3.96. The largest absolute Gasteiger partial charge is 0.454 e. The molecule has 0 saturated carbocycles. The van der Waals surface area contributed by atoms with Gasteiger partial charge in [0.05, 0.1) is 6.54 Å². The minimum Gasteiger partial charge on any atom is -0.454 e. The van der Waals surface area contributed by atoms with Gasteiger partial charge >= 0.3 is 5.69 Å². The molecule has 0 spiro atoms. The van der Waals surface area contributed by atoms with Crippen molar-refractivity contribution >= 4 is 29.0 Å². The summed E-state index contributed by atoms with van der Waals surface area (Å²) >= 11 is 7.47. The molecule has 0 radical (unpaired) electrons. The summed E-state index contributed by atoms with van der Waals surface area (Å²) in [5.41, 5.74) is 2.25. The van der Waals surface area contributed by atoms with Crippen molar-refractivity contribution in [3.63, 3.8) is 0 Å². The minimum absolute atomic E-state index is 0.216. The van der Waals surface area contributed by atoms with E-state index >= 15 is 0 Å². The summed E-state index contributed by atoms with van der Waals surface area (Å²) < 4.78 is 13.4. The lowest BCUT2D eigenvalue weighted by Gasteiger charge is -2.02. The maximum Gasteiger partial charge on any atom is 0.367 e. The molecular weight excluding hydrogens is 412 g/mol. The number of fused-ring (bicyclic) bond motifs is 2. The van der Waals surface area contributed by atoms with Crippen molar-refractivity contribution in [2.75, 3.05) is 6.79 Å². The van der Waals surface area contributed by atoms with E-state index in [0.717, 1.165) is 21.9 Å². The van der Waals surface area contributed by atoms with E-state index in [1.807, 2.05) is 48.5 Å². The number of aromatic nitrogens is 4. The summed E-state index contributed by atoms with van der Waals surface area (Å²) in [6.07, 6.45) is 0. The highest BCUT2D eigenvalue weighted by Crippen LogP contribution is 2.32. The van der Waals surface area contributed by atoms with Crippen LogP contribution in [0.1, 0.15) is 11.1 Å². The number of hydrogen-bond donors (Lipinski definition) is 0. The Balaban J connectivity index is 1.37. The zero-order valence-electron chi connectivity index (χ0n) is 15.1. The Bertz CT molecular complexity index is 1250. The van der Waals surface area contributed by atoms with Crippen molar-refractivity contribution in [3.05, 3.63) is 81.2 Å². The summed E-state index contributed by atoms with van der Waals surface area (Å²) in [4.78, 5) is 12.8. The predicted molar refractivity (Wildman–Crippen MR) is 110 cm³/mol. The first kappa shape index (κ1) is 18.1. The molecule has 0 atom stereocenters. The number of nitrogens with zero attached hydrogens (tertiary/aromatic N) is 4. The van der Waals surface area contributed by atoms with E-state index in [-0.39, 0.29) is 12.5 Å². The number of rotatable bonds is 5. The van der Waals surface area contributed by atoms with Crippen molar-refractivity contribution in [3.8, 4) is 11.5 Å². The molecule has 1 aliphatic rings. The summed E-state index contributed by atoms with van der Waals surface area (Å²) in [6.45, 7) is 0.541. The molecule has 3 heterocycles. The Morgan fingerprint density at radius 2 is 1.76 bits per heavy atom. The molecule has 146 valence electrons. The molecule has 0 unspecified atom stereocenters. The van der Waals surface area contributed by atoms with Gasteiger partial charge in [-0.2, -0.15) is 9.61 Å². The molecule has 1 aliphatic heterocycles. The maximum atomic E-state index is 12.8. The lowest BCUT2D eigenvalue weighted by molar-refractivity contribution is 0.174. The quantitative estimate of drug-likeness (QED) is 0.454. The molecule has 7 nitrogen and oxygen atoms in total. The van der Waals surface area contributed by atoms with Crippen molar-refractivity contribution in [2.24, 2.45) is 0 Å². The number of benzene rings is 2. The van der Waals surface area contributed by atoms with Gasteiger partial charge in [-0.15, -0.1) is 5.10 Å². The second kappa shape index (κ2) is 7.46. The highest BCUT2D eigenvalue weighted by atomic mass is 35.5. The standard InChI is InChI=1S/C20H15ClN4O3S/c21-15-4-1-13(2-5-15)11-29-19-8-7-18-22-24(20(26)25(18)23-19)10-14-3-6-16-17(9-14)28-12-27-16/h1-9H,10-12H2. The van der Waals surface area contributed by atoms with Crippen molar-refractivity contribution < 1.29 is 9.47 Å². The summed E-state index contributed by atoms with van der Waals surface area (Å²) in [5.74, 6) is 2.12. The SMILES string of the molecule is O=c1n(Cc2ccc3c(c2)OCO3)nc2ccc(SCc3ccc(Cl)cc3)nn12.